The summed E-state index contributed by atoms with van der Waals surface area (Å²) in [5, 5.41) is 3.58. The highest BCUT2D eigenvalue weighted by molar-refractivity contribution is 5.69. The van der Waals surface area contributed by atoms with Gasteiger partial charge in [-0.2, -0.15) is 0 Å². The summed E-state index contributed by atoms with van der Waals surface area (Å²) in [5.41, 5.74) is 0. The van der Waals surface area contributed by atoms with E-state index in [-0.39, 0.29) is 5.97 Å². The lowest BCUT2D eigenvalue weighted by atomic mass is 9.97. The lowest BCUT2D eigenvalue weighted by Crippen LogP contribution is -2.35. The van der Waals surface area contributed by atoms with Crippen LogP contribution in [0, 0.1) is 5.92 Å². The molecule has 0 saturated heterocycles. The van der Waals surface area contributed by atoms with Gasteiger partial charge in [-0.3, -0.25) is 4.79 Å². The molecule has 1 rings (SSSR count). The molecule has 0 aromatic rings. The first-order valence-electron chi connectivity index (χ1n) is 6.54. The van der Waals surface area contributed by atoms with Crippen molar-refractivity contribution in [2.24, 2.45) is 5.92 Å². The minimum atomic E-state index is -0.101. The Morgan fingerprint density at radius 3 is 2.81 bits per heavy atom. The molecule has 1 saturated carbocycles. The van der Waals surface area contributed by atoms with Gasteiger partial charge in [-0.25, -0.2) is 0 Å². The Morgan fingerprint density at radius 1 is 1.31 bits per heavy atom. The van der Waals surface area contributed by atoms with Crippen LogP contribution in [0.15, 0.2) is 0 Å². The van der Waals surface area contributed by atoms with Crippen molar-refractivity contribution in [3.8, 4) is 0 Å². The second-order valence-corrected chi connectivity index (χ2v) is 4.86. The zero-order valence-corrected chi connectivity index (χ0v) is 10.6. The molecule has 0 radical (unpaired) electrons. The summed E-state index contributed by atoms with van der Waals surface area (Å²) in [6, 6.07) is 0.653. The molecule has 3 heteroatoms. The molecule has 0 bridgehead atoms. The van der Waals surface area contributed by atoms with Crippen LogP contribution >= 0.6 is 0 Å². The maximum absolute atomic E-state index is 10.9. The summed E-state index contributed by atoms with van der Waals surface area (Å²) in [4.78, 5) is 10.9. The average molecular weight is 227 g/mol. The monoisotopic (exact) mass is 227 g/mol. The minimum Gasteiger partial charge on any atom is -0.469 e. The van der Waals surface area contributed by atoms with Crippen LogP contribution in [-0.4, -0.2) is 25.7 Å². The van der Waals surface area contributed by atoms with Crippen LogP contribution in [0.4, 0.5) is 0 Å². The van der Waals surface area contributed by atoms with Crippen molar-refractivity contribution in [2.75, 3.05) is 13.7 Å². The Kier molecular flexibility index (Phi) is 6.46. The first-order chi connectivity index (χ1) is 7.74. The molecule has 16 heavy (non-hydrogen) atoms. The lowest BCUT2D eigenvalue weighted by Gasteiger charge is -2.22. The second-order valence-electron chi connectivity index (χ2n) is 4.86. The third-order valence-corrected chi connectivity index (χ3v) is 3.55. The van der Waals surface area contributed by atoms with Crippen LogP contribution in [0.3, 0.4) is 0 Å². The highest BCUT2D eigenvalue weighted by Crippen LogP contribution is 2.22. The molecule has 0 heterocycles. The van der Waals surface area contributed by atoms with Gasteiger partial charge in [0.05, 0.1) is 7.11 Å². The number of carbonyl (C=O) groups excluding carboxylic acids is 1. The Labute approximate surface area is 98.9 Å². The smallest absolute Gasteiger partial charge is 0.305 e. The summed E-state index contributed by atoms with van der Waals surface area (Å²) in [5.74, 6) is 0.677. The van der Waals surface area contributed by atoms with Gasteiger partial charge in [-0.15, -0.1) is 0 Å². The predicted molar refractivity (Wildman–Crippen MR) is 65.3 cm³/mol. The van der Waals surface area contributed by atoms with Crippen LogP contribution < -0.4 is 5.32 Å². The Balaban J connectivity index is 2.12. The summed E-state index contributed by atoms with van der Waals surface area (Å²) >= 11 is 0. The predicted octanol–water partition coefficient (Wildman–Crippen LogP) is 2.50. The van der Waals surface area contributed by atoms with Gasteiger partial charge in [0, 0.05) is 12.5 Å². The molecule has 1 aliphatic rings. The number of hydrogen-bond donors (Lipinski definition) is 1. The summed E-state index contributed by atoms with van der Waals surface area (Å²) in [6.45, 7) is 3.27. The van der Waals surface area contributed by atoms with E-state index in [1.54, 1.807) is 0 Å². The third kappa shape index (κ3) is 4.97. The van der Waals surface area contributed by atoms with Crippen molar-refractivity contribution in [1.82, 2.24) is 5.32 Å². The quantitative estimate of drug-likeness (QED) is 0.445. The molecule has 94 valence electrons. The van der Waals surface area contributed by atoms with E-state index in [1.165, 1.54) is 39.2 Å². The lowest BCUT2D eigenvalue weighted by molar-refractivity contribution is -0.140. The fourth-order valence-electron chi connectivity index (χ4n) is 2.42. The van der Waals surface area contributed by atoms with Gasteiger partial charge >= 0.3 is 5.97 Å². The van der Waals surface area contributed by atoms with Crippen molar-refractivity contribution < 1.29 is 9.53 Å². The van der Waals surface area contributed by atoms with Crippen molar-refractivity contribution in [3.63, 3.8) is 0 Å². The van der Waals surface area contributed by atoms with E-state index in [2.05, 4.69) is 17.0 Å². The van der Waals surface area contributed by atoms with E-state index < -0.39 is 0 Å². The van der Waals surface area contributed by atoms with Gasteiger partial charge in [0.1, 0.15) is 0 Å². The Morgan fingerprint density at radius 2 is 2.06 bits per heavy atom. The molecule has 0 aliphatic heterocycles. The number of hydrogen-bond acceptors (Lipinski definition) is 3. The molecule has 0 amide bonds. The molecule has 3 nitrogen and oxygen atoms in total. The first-order valence-corrected chi connectivity index (χ1v) is 6.54. The van der Waals surface area contributed by atoms with Crippen molar-refractivity contribution in [1.29, 1.82) is 0 Å². The summed E-state index contributed by atoms with van der Waals surface area (Å²) in [7, 11) is 1.45. The molecule has 0 spiro atoms. The molecule has 1 N–H and O–H groups in total. The second kappa shape index (κ2) is 7.66. The number of esters is 1. The van der Waals surface area contributed by atoms with E-state index in [4.69, 9.17) is 0 Å². The number of rotatable bonds is 5. The van der Waals surface area contributed by atoms with E-state index in [0.29, 0.717) is 12.5 Å². The largest absolute Gasteiger partial charge is 0.469 e. The Hall–Kier alpha value is -0.570. The fourth-order valence-corrected chi connectivity index (χ4v) is 2.42. The average Bonchev–Trinajstić information content (AvgIpc) is 2.49. The van der Waals surface area contributed by atoms with Crippen LogP contribution in [-0.2, 0) is 9.53 Å². The molecular formula is C13H25NO2. The molecule has 0 aromatic carbocycles. The van der Waals surface area contributed by atoms with Gasteiger partial charge in [-0.1, -0.05) is 26.2 Å². The van der Waals surface area contributed by atoms with Gasteiger partial charge in [0.2, 0.25) is 0 Å². The Bertz CT molecular complexity index is 206. The van der Waals surface area contributed by atoms with Crippen LogP contribution in [0.5, 0.6) is 0 Å². The minimum absolute atomic E-state index is 0.101. The first kappa shape index (κ1) is 13.5. The fraction of sp³-hybridized carbons (Fsp3) is 0.923. The SMILES string of the molecule is COC(=O)CCCNC1CCCCCC1C. The zero-order valence-electron chi connectivity index (χ0n) is 10.6. The van der Waals surface area contributed by atoms with E-state index in [9.17, 15) is 4.79 Å². The zero-order chi connectivity index (χ0) is 11.8. The van der Waals surface area contributed by atoms with Crippen molar-refractivity contribution in [2.45, 2.75) is 57.9 Å². The molecular weight excluding hydrogens is 202 g/mol. The topological polar surface area (TPSA) is 38.3 Å². The van der Waals surface area contributed by atoms with Crippen molar-refractivity contribution >= 4 is 5.97 Å². The molecule has 2 unspecified atom stereocenters. The van der Waals surface area contributed by atoms with Crippen molar-refractivity contribution in [3.05, 3.63) is 0 Å². The standard InChI is InChI=1S/C13H25NO2/c1-11-7-4-3-5-8-12(11)14-10-6-9-13(15)16-2/h11-12,14H,3-10H2,1-2H3. The third-order valence-electron chi connectivity index (χ3n) is 3.55. The molecule has 2 atom stereocenters. The summed E-state index contributed by atoms with van der Waals surface area (Å²) < 4.78 is 4.62. The molecule has 1 aliphatic carbocycles. The van der Waals surface area contributed by atoms with Gasteiger partial charge in [0.15, 0.2) is 0 Å². The number of ether oxygens (including phenoxy) is 1. The molecule has 0 aromatic heterocycles. The van der Waals surface area contributed by atoms with E-state index in [0.717, 1.165) is 18.9 Å². The highest BCUT2D eigenvalue weighted by atomic mass is 16.5. The van der Waals surface area contributed by atoms with Gasteiger partial charge in [-0.05, 0) is 31.7 Å². The van der Waals surface area contributed by atoms with E-state index >= 15 is 0 Å². The normalized spacial score (nSPS) is 26.1. The summed E-state index contributed by atoms with van der Waals surface area (Å²) in [6.07, 6.45) is 8.15. The maximum Gasteiger partial charge on any atom is 0.305 e. The number of methoxy groups -OCH3 is 1. The van der Waals surface area contributed by atoms with Gasteiger partial charge < -0.3 is 10.1 Å². The van der Waals surface area contributed by atoms with E-state index in [1.807, 2.05) is 0 Å². The van der Waals surface area contributed by atoms with Crippen LogP contribution in [0.2, 0.25) is 0 Å². The van der Waals surface area contributed by atoms with Crippen LogP contribution in [0.25, 0.3) is 0 Å². The number of carbonyl (C=O) groups is 1. The van der Waals surface area contributed by atoms with Gasteiger partial charge in [0.25, 0.3) is 0 Å². The maximum atomic E-state index is 10.9. The molecule has 1 fully saturated rings. The van der Waals surface area contributed by atoms with Crippen LogP contribution in [0.1, 0.15) is 51.9 Å². The number of nitrogens with one attached hydrogen (secondary N) is 1. The highest BCUT2D eigenvalue weighted by Gasteiger charge is 2.18.